The predicted octanol–water partition coefficient (Wildman–Crippen LogP) is 1.85. The number of rotatable bonds is 3. The van der Waals surface area contributed by atoms with E-state index in [2.05, 4.69) is 25.8 Å². The molecule has 2 heteroatoms. The Kier molecular flexibility index (Phi) is 3.74. The van der Waals surface area contributed by atoms with Gasteiger partial charge in [0.2, 0.25) is 0 Å². The summed E-state index contributed by atoms with van der Waals surface area (Å²) in [6.45, 7) is 6.91. The third-order valence-electron chi connectivity index (χ3n) is 3.43. The minimum Gasteiger partial charge on any atom is -0.325 e. The third-order valence-corrected chi connectivity index (χ3v) is 3.43. The average Bonchev–Trinajstić information content (AvgIpc) is 2.10. The first-order valence-electron chi connectivity index (χ1n) is 5.53. The summed E-state index contributed by atoms with van der Waals surface area (Å²) in [6, 6.07) is 0. The van der Waals surface area contributed by atoms with Crippen molar-refractivity contribution < 1.29 is 0 Å². The normalized spacial score (nSPS) is 25.8. The molecule has 13 heavy (non-hydrogen) atoms. The molecule has 1 atom stereocenters. The lowest BCUT2D eigenvalue weighted by Gasteiger charge is -2.39. The van der Waals surface area contributed by atoms with Crippen molar-refractivity contribution >= 4 is 0 Å². The Balaban J connectivity index is 2.38. The second-order valence-corrected chi connectivity index (χ2v) is 4.88. The van der Waals surface area contributed by atoms with Gasteiger partial charge in [0.1, 0.15) is 0 Å². The number of likely N-dealkylation sites (tertiary alicyclic amines) is 1. The maximum atomic E-state index is 6.37. The molecule has 1 fully saturated rings. The molecule has 0 bridgehead atoms. The fourth-order valence-electron chi connectivity index (χ4n) is 2.11. The van der Waals surface area contributed by atoms with Crippen molar-refractivity contribution in [3.8, 4) is 0 Å². The van der Waals surface area contributed by atoms with Gasteiger partial charge in [0, 0.05) is 5.54 Å². The summed E-state index contributed by atoms with van der Waals surface area (Å²) in [5.74, 6) is 0.786. The van der Waals surface area contributed by atoms with Gasteiger partial charge in [-0.15, -0.1) is 0 Å². The number of nitrogens with two attached hydrogens (primary N) is 1. The van der Waals surface area contributed by atoms with Crippen LogP contribution in [-0.2, 0) is 0 Å². The van der Waals surface area contributed by atoms with Crippen molar-refractivity contribution in [1.82, 2.24) is 4.90 Å². The van der Waals surface area contributed by atoms with Crippen LogP contribution in [0.3, 0.4) is 0 Å². The minimum atomic E-state index is 0.141. The van der Waals surface area contributed by atoms with E-state index >= 15 is 0 Å². The second kappa shape index (κ2) is 4.43. The largest absolute Gasteiger partial charge is 0.325 e. The van der Waals surface area contributed by atoms with Crippen molar-refractivity contribution in [2.45, 2.75) is 45.1 Å². The lowest BCUT2D eigenvalue weighted by atomic mass is 9.80. The van der Waals surface area contributed by atoms with E-state index in [1.165, 1.54) is 38.8 Å². The molecule has 0 radical (unpaired) electrons. The topological polar surface area (TPSA) is 29.3 Å². The first-order valence-corrected chi connectivity index (χ1v) is 5.53. The molecule has 1 unspecified atom stereocenters. The van der Waals surface area contributed by atoms with Gasteiger partial charge in [-0.05, 0) is 45.3 Å². The van der Waals surface area contributed by atoms with Crippen LogP contribution in [0, 0.1) is 5.92 Å². The Bertz CT molecular complexity index is 148. The molecule has 2 N–H and O–H groups in total. The Morgan fingerprint density at radius 3 is 2.38 bits per heavy atom. The quantitative estimate of drug-likeness (QED) is 0.725. The lowest BCUT2D eigenvalue weighted by molar-refractivity contribution is 0.166. The van der Waals surface area contributed by atoms with Crippen LogP contribution in [0.25, 0.3) is 0 Å². The molecule has 2 nitrogen and oxygen atoms in total. The summed E-state index contributed by atoms with van der Waals surface area (Å²) in [4.78, 5) is 2.38. The second-order valence-electron chi connectivity index (χ2n) is 4.88. The van der Waals surface area contributed by atoms with E-state index in [1.54, 1.807) is 0 Å². The number of hydrogen-bond acceptors (Lipinski definition) is 2. The molecule has 0 aromatic rings. The SMILES string of the molecule is CCC(C)CC1(N)CCN(C)CC1. The minimum absolute atomic E-state index is 0.141. The average molecular weight is 184 g/mol. The molecule has 1 heterocycles. The zero-order valence-electron chi connectivity index (χ0n) is 9.34. The molecule has 0 aromatic carbocycles. The fourth-order valence-corrected chi connectivity index (χ4v) is 2.11. The van der Waals surface area contributed by atoms with Gasteiger partial charge in [0.05, 0.1) is 0 Å². The molecule has 0 aromatic heterocycles. The van der Waals surface area contributed by atoms with Crippen LogP contribution < -0.4 is 5.73 Å². The summed E-state index contributed by atoms with van der Waals surface area (Å²) in [7, 11) is 2.18. The number of piperidine rings is 1. The summed E-state index contributed by atoms with van der Waals surface area (Å²) < 4.78 is 0. The predicted molar refractivity (Wildman–Crippen MR) is 57.7 cm³/mol. The standard InChI is InChI=1S/C11H24N2/c1-4-10(2)9-11(12)5-7-13(3)8-6-11/h10H,4-9,12H2,1-3H3. The highest BCUT2D eigenvalue weighted by atomic mass is 15.1. The first-order chi connectivity index (χ1) is 6.06. The molecule has 0 aliphatic carbocycles. The van der Waals surface area contributed by atoms with E-state index in [4.69, 9.17) is 5.73 Å². The van der Waals surface area contributed by atoms with Crippen LogP contribution >= 0.6 is 0 Å². The molecule has 0 spiro atoms. The van der Waals surface area contributed by atoms with E-state index in [9.17, 15) is 0 Å². The van der Waals surface area contributed by atoms with Gasteiger partial charge >= 0.3 is 0 Å². The van der Waals surface area contributed by atoms with Crippen LogP contribution in [0.15, 0.2) is 0 Å². The Morgan fingerprint density at radius 2 is 1.92 bits per heavy atom. The van der Waals surface area contributed by atoms with E-state index in [0.717, 1.165) is 5.92 Å². The maximum absolute atomic E-state index is 6.37. The molecule has 0 saturated carbocycles. The molecule has 78 valence electrons. The molecule has 0 amide bonds. The third kappa shape index (κ3) is 3.28. The maximum Gasteiger partial charge on any atom is 0.0181 e. The van der Waals surface area contributed by atoms with Crippen LogP contribution in [0.5, 0.6) is 0 Å². The molecule has 1 aliphatic rings. The van der Waals surface area contributed by atoms with Gasteiger partial charge in [-0.25, -0.2) is 0 Å². The van der Waals surface area contributed by atoms with Crippen LogP contribution in [0.1, 0.15) is 39.5 Å². The number of nitrogens with zero attached hydrogens (tertiary/aromatic N) is 1. The van der Waals surface area contributed by atoms with Gasteiger partial charge in [0.15, 0.2) is 0 Å². The van der Waals surface area contributed by atoms with Crippen molar-refractivity contribution in [3.63, 3.8) is 0 Å². The Morgan fingerprint density at radius 1 is 1.38 bits per heavy atom. The molecular formula is C11H24N2. The monoisotopic (exact) mass is 184 g/mol. The summed E-state index contributed by atoms with van der Waals surface area (Å²) in [6.07, 6.45) is 4.81. The molecule has 1 saturated heterocycles. The highest BCUT2D eigenvalue weighted by molar-refractivity contribution is 4.90. The van der Waals surface area contributed by atoms with Crippen LogP contribution in [-0.4, -0.2) is 30.6 Å². The van der Waals surface area contributed by atoms with Gasteiger partial charge < -0.3 is 10.6 Å². The van der Waals surface area contributed by atoms with Crippen molar-refractivity contribution in [2.75, 3.05) is 20.1 Å². The van der Waals surface area contributed by atoms with E-state index in [-0.39, 0.29) is 5.54 Å². The van der Waals surface area contributed by atoms with Crippen LogP contribution in [0.4, 0.5) is 0 Å². The van der Waals surface area contributed by atoms with Crippen molar-refractivity contribution in [2.24, 2.45) is 11.7 Å². The highest BCUT2D eigenvalue weighted by Gasteiger charge is 2.30. The molecular weight excluding hydrogens is 160 g/mol. The van der Waals surface area contributed by atoms with Crippen molar-refractivity contribution in [3.05, 3.63) is 0 Å². The summed E-state index contributed by atoms with van der Waals surface area (Å²) in [5, 5.41) is 0. The Labute approximate surface area is 82.5 Å². The highest BCUT2D eigenvalue weighted by Crippen LogP contribution is 2.27. The molecule has 1 aliphatic heterocycles. The summed E-state index contributed by atoms with van der Waals surface area (Å²) in [5.41, 5.74) is 6.51. The van der Waals surface area contributed by atoms with Gasteiger partial charge in [-0.2, -0.15) is 0 Å². The molecule has 1 rings (SSSR count). The summed E-state index contributed by atoms with van der Waals surface area (Å²) >= 11 is 0. The Hall–Kier alpha value is -0.0800. The smallest absolute Gasteiger partial charge is 0.0181 e. The first kappa shape index (κ1) is 11.0. The van der Waals surface area contributed by atoms with E-state index in [1.807, 2.05) is 0 Å². The van der Waals surface area contributed by atoms with E-state index < -0.39 is 0 Å². The zero-order valence-corrected chi connectivity index (χ0v) is 9.34. The van der Waals surface area contributed by atoms with Crippen LogP contribution in [0.2, 0.25) is 0 Å². The van der Waals surface area contributed by atoms with Gasteiger partial charge in [-0.3, -0.25) is 0 Å². The lowest BCUT2D eigenvalue weighted by Crippen LogP contribution is -2.50. The van der Waals surface area contributed by atoms with Crippen molar-refractivity contribution in [1.29, 1.82) is 0 Å². The van der Waals surface area contributed by atoms with E-state index in [0.29, 0.717) is 0 Å². The number of hydrogen-bond donors (Lipinski definition) is 1. The fraction of sp³-hybridized carbons (Fsp3) is 1.00. The van der Waals surface area contributed by atoms with Gasteiger partial charge in [-0.1, -0.05) is 20.3 Å². The zero-order chi connectivity index (χ0) is 9.90. The van der Waals surface area contributed by atoms with Gasteiger partial charge in [0.25, 0.3) is 0 Å².